The lowest BCUT2D eigenvalue weighted by Crippen LogP contribution is -2.36. The maximum Gasteiger partial charge on any atom is 0.416 e. The van der Waals surface area contributed by atoms with E-state index in [2.05, 4.69) is 5.32 Å². The first-order valence-corrected chi connectivity index (χ1v) is 9.14. The van der Waals surface area contributed by atoms with Crippen LogP contribution in [-0.4, -0.2) is 41.9 Å². The minimum absolute atomic E-state index is 0.0491. The van der Waals surface area contributed by atoms with Crippen molar-refractivity contribution in [3.05, 3.63) is 60.3 Å². The van der Waals surface area contributed by atoms with Crippen LogP contribution in [0.25, 0.3) is 10.9 Å². The van der Waals surface area contributed by atoms with Crippen molar-refractivity contribution in [2.75, 3.05) is 20.3 Å². The summed E-state index contributed by atoms with van der Waals surface area (Å²) in [6.45, 7) is -0.146. The molecule has 160 valence electrons. The predicted molar refractivity (Wildman–Crippen MR) is 104 cm³/mol. The Morgan fingerprint density at radius 3 is 2.50 bits per heavy atom. The number of halogens is 3. The molecule has 0 saturated carbocycles. The van der Waals surface area contributed by atoms with Crippen LogP contribution in [0.15, 0.2) is 54.7 Å². The van der Waals surface area contributed by atoms with Gasteiger partial charge in [-0.05, 0) is 48.5 Å². The average molecular weight is 422 g/mol. The second-order valence-electron chi connectivity index (χ2n) is 6.66. The van der Waals surface area contributed by atoms with E-state index in [0.29, 0.717) is 0 Å². The standard InChI is InChI=1S/C21H21F3N2O4/c1-29-18-6-7-19-14(10-18)8-9-26(19)12-20(28)25-11-16(27)13-30-17-4-2-15(3-5-17)21(22,23)24/h2-10,16,27H,11-13H2,1H3,(H,25,28). The van der Waals surface area contributed by atoms with Crippen molar-refractivity contribution in [2.24, 2.45) is 0 Å². The highest BCUT2D eigenvalue weighted by Crippen LogP contribution is 2.30. The zero-order valence-electron chi connectivity index (χ0n) is 16.1. The molecule has 0 spiro atoms. The molecule has 0 aliphatic carbocycles. The number of aliphatic hydroxyl groups is 1. The van der Waals surface area contributed by atoms with Crippen molar-refractivity contribution in [1.82, 2.24) is 9.88 Å². The molecule has 2 aromatic carbocycles. The number of aromatic nitrogens is 1. The highest BCUT2D eigenvalue weighted by Gasteiger charge is 2.30. The molecule has 0 saturated heterocycles. The van der Waals surface area contributed by atoms with E-state index in [9.17, 15) is 23.1 Å². The van der Waals surface area contributed by atoms with Gasteiger partial charge in [0, 0.05) is 23.6 Å². The fourth-order valence-corrected chi connectivity index (χ4v) is 2.88. The Hall–Kier alpha value is -3.20. The molecular formula is C21H21F3N2O4. The number of hydrogen-bond acceptors (Lipinski definition) is 4. The van der Waals surface area contributed by atoms with Crippen molar-refractivity contribution in [1.29, 1.82) is 0 Å². The molecule has 1 atom stereocenters. The molecule has 0 radical (unpaired) electrons. The maximum absolute atomic E-state index is 12.5. The number of nitrogens with zero attached hydrogens (tertiary/aromatic N) is 1. The summed E-state index contributed by atoms with van der Waals surface area (Å²) >= 11 is 0. The van der Waals surface area contributed by atoms with E-state index in [0.717, 1.165) is 28.8 Å². The summed E-state index contributed by atoms with van der Waals surface area (Å²) < 4.78 is 49.8. The highest BCUT2D eigenvalue weighted by molar-refractivity contribution is 5.84. The molecule has 0 bridgehead atoms. The molecule has 3 aromatic rings. The summed E-state index contributed by atoms with van der Waals surface area (Å²) in [4.78, 5) is 12.2. The molecule has 0 fully saturated rings. The molecule has 1 aromatic heterocycles. The number of ether oxygens (including phenoxy) is 2. The van der Waals surface area contributed by atoms with Crippen LogP contribution in [-0.2, 0) is 17.5 Å². The lowest BCUT2D eigenvalue weighted by Gasteiger charge is -2.14. The summed E-state index contributed by atoms with van der Waals surface area (Å²) in [5.74, 6) is 0.625. The van der Waals surface area contributed by atoms with Crippen molar-refractivity contribution < 1.29 is 32.5 Å². The number of amides is 1. The van der Waals surface area contributed by atoms with Crippen LogP contribution in [0.3, 0.4) is 0 Å². The minimum Gasteiger partial charge on any atom is -0.497 e. The van der Waals surface area contributed by atoms with Gasteiger partial charge in [0.25, 0.3) is 0 Å². The van der Waals surface area contributed by atoms with Crippen molar-refractivity contribution in [3.63, 3.8) is 0 Å². The van der Waals surface area contributed by atoms with Gasteiger partial charge in [0.05, 0.1) is 12.7 Å². The zero-order chi connectivity index (χ0) is 21.7. The third kappa shape index (κ3) is 5.44. The second kappa shape index (κ2) is 9.08. The molecule has 6 nitrogen and oxygen atoms in total. The highest BCUT2D eigenvalue weighted by atomic mass is 19.4. The lowest BCUT2D eigenvalue weighted by atomic mass is 10.2. The lowest BCUT2D eigenvalue weighted by molar-refractivity contribution is -0.137. The summed E-state index contributed by atoms with van der Waals surface area (Å²) in [6, 6.07) is 11.6. The Labute approximate surface area is 170 Å². The Morgan fingerprint density at radius 1 is 1.13 bits per heavy atom. The van der Waals surface area contributed by atoms with Crippen LogP contribution in [0.4, 0.5) is 13.2 Å². The maximum atomic E-state index is 12.5. The van der Waals surface area contributed by atoms with Gasteiger partial charge in [0.2, 0.25) is 5.91 Å². The summed E-state index contributed by atoms with van der Waals surface area (Å²) in [7, 11) is 1.58. The van der Waals surface area contributed by atoms with Crippen molar-refractivity contribution >= 4 is 16.8 Å². The normalized spacial score (nSPS) is 12.6. The van der Waals surface area contributed by atoms with E-state index >= 15 is 0 Å². The van der Waals surface area contributed by atoms with Gasteiger partial charge in [-0.1, -0.05) is 0 Å². The largest absolute Gasteiger partial charge is 0.497 e. The third-order valence-corrected chi connectivity index (χ3v) is 4.45. The summed E-state index contributed by atoms with van der Waals surface area (Å²) in [5, 5.41) is 13.5. The Morgan fingerprint density at radius 2 is 1.83 bits per heavy atom. The molecule has 1 amide bonds. The smallest absolute Gasteiger partial charge is 0.416 e. The van der Waals surface area contributed by atoms with Gasteiger partial charge in [-0.2, -0.15) is 13.2 Å². The van der Waals surface area contributed by atoms with Gasteiger partial charge in [0.1, 0.15) is 30.8 Å². The summed E-state index contributed by atoms with van der Waals surface area (Å²) in [6.07, 6.45) is -3.64. The number of aliphatic hydroxyl groups excluding tert-OH is 1. The van der Waals surface area contributed by atoms with Crippen LogP contribution in [0.5, 0.6) is 11.5 Å². The van der Waals surface area contributed by atoms with E-state index in [1.54, 1.807) is 23.9 Å². The first kappa shape index (κ1) is 21.5. The number of carbonyl (C=O) groups is 1. The topological polar surface area (TPSA) is 72.7 Å². The molecule has 3 rings (SSSR count). The molecule has 1 unspecified atom stereocenters. The minimum atomic E-state index is -4.42. The molecule has 1 heterocycles. The van der Waals surface area contributed by atoms with Crippen molar-refractivity contribution in [2.45, 2.75) is 18.8 Å². The van der Waals surface area contributed by atoms with Gasteiger partial charge >= 0.3 is 6.18 Å². The molecule has 2 N–H and O–H groups in total. The Balaban J connectivity index is 1.45. The first-order valence-electron chi connectivity index (χ1n) is 9.14. The van der Waals surface area contributed by atoms with Gasteiger partial charge < -0.3 is 24.5 Å². The Bertz CT molecular complexity index is 1000. The van der Waals surface area contributed by atoms with Gasteiger partial charge in [0.15, 0.2) is 0 Å². The predicted octanol–water partition coefficient (Wildman–Crippen LogP) is 3.22. The number of alkyl halides is 3. The van der Waals surface area contributed by atoms with E-state index in [1.165, 1.54) is 12.1 Å². The van der Waals surface area contributed by atoms with E-state index in [1.807, 2.05) is 18.2 Å². The number of nitrogens with one attached hydrogen (secondary N) is 1. The van der Waals surface area contributed by atoms with Crippen molar-refractivity contribution in [3.8, 4) is 11.5 Å². The van der Waals surface area contributed by atoms with Crippen LogP contribution in [0.1, 0.15) is 5.56 Å². The van der Waals surface area contributed by atoms with Gasteiger partial charge in [-0.3, -0.25) is 4.79 Å². The quantitative estimate of drug-likeness (QED) is 0.585. The molecule has 0 aliphatic rings. The van der Waals surface area contributed by atoms with Crippen LogP contribution in [0, 0.1) is 0 Å². The fourth-order valence-electron chi connectivity index (χ4n) is 2.88. The number of fused-ring (bicyclic) bond motifs is 1. The molecule has 30 heavy (non-hydrogen) atoms. The second-order valence-corrected chi connectivity index (χ2v) is 6.66. The van der Waals surface area contributed by atoms with Gasteiger partial charge in [-0.15, -0.1) is 0 Å². The third-order valence-electron chi connectivity index (χ3n) is 4.45. The van der Waals surface area contributed by atoms with Crippen LogP contribution >= 0.6 is 0 Å². The fraction of sp³-hybridized carbons (Fsp3) is 0.286. The van der Waals surface area contributed by atoms with Crippen LogP contribution < -0.4 is 14.8 Å². The molecular weight excluding hydrogens is 401 g/mol. The number of benzene rings is 2. The number of rotatable bonds is 8. The SMILES string of the molecule is COc1ccc2c(ccn2CC(=O)NCC(O)COc2ccc(C(F)(F)F)cc2)c1. The number of methoxy groups -OCH3 is 1. The van der Waals surface area contributed by atoms with Gasteiger partial charge in [-0.25, -0.2) is 0 Å². The van der Waals surface area contributed by atoms with Crippen LogP contribution in [0.2, 0.25) is 0 Å². The monoisotopic (exact) mass is 422 g/mol. The molecule has 0 aliphatic heterocycles. The van der Waals surface area contributed by atoms with E-state index < -0.39 is 17.8 Å². The number of hydrogen-bond donors (Lipinski definition) is 2. The molecule has 9 heteroatoms. The summed E-state index contributed by atoms with van der Waals surface area (Å²) in [5.41, 5.74) is 0.0933. The first-order chi connectivity index (χ1) is 14.3. The van der Waals surface area contributed by atoms with E-state index in [4.69, 9.17) is 9.47 Å². The average Bonchev–Trinajstić information content (AvgIpc) is 3.12. The zero-order valence-corrected chi connectivity index (χ0v) is 16.1. The Kier molecular flexibility index (Phi) is 6.51. The van der Waals surface area contributed by atoms with E-state index in [-0.39, 0.29) is 31.4 Å². The number of carbonyl (C=O) groups excluding carboxylic acids is 1.